The van der Waals surface area contributed by atoms with Gasteiger partial charge >= 0.3 is 0 Å². The van der Waals surface area contributed by atoms with Gasteiger partial charge in [-0.05, 0) is 17.9 Å². The number of aliphatic hydroxyl groups is 2. The summed E-state index contributed by atoms with van der Waals surface area (Å²) >= 11 is 0. The van der Waals surface area contributed by atoms with E-state index in [4.69, 9.17) is 10.2 Å². The molecule has 1 aliphatic carbocycles. The van der Waals surface area contributed by atoms with Gasteiger partial charge in [-0.25, -0.2) is 0 Å². The normalized spacial score (nSPS) is 19.9. The molecule has 2 heteroatoms. The molecular formula is C10H18O2. The van der Waals surface area contributed by atoms with E-state index in [9.17, 15) is 0 Å². The first-order valence-electron chi connectivity index (χ1n) is 4.74. The van der Waals surface area contributed by atoms with Gasteiger partial charge in [-0.1, -0.05) is 38.7 Å². The molecule has 2 N–H and O–H groups in total. The second-order valence-corrected chi connectivity index (χ2v) is 3.74. The lowest BCUT2D eigenvalue weighted by Gasteiger charge is -2.22. The van der Waals surface area contributed by atoms with E-state index in [0.29, 0.717) is 11.5 Å². The van der Waals surface area contributed by atoms with Crippen LogP contribution in [-0.2, 0) is 0 Å². The van der Waals surface area contributed by atoms with Crippen molar-refractivity contribution in [2.45, 2.75) is 44.8 Å². The molecule has 0 bridgehead atoms. The molecule has 12 heavy (non-hydrogen) atoms. The fourth-order valence-electron chi connectivity index (χ4n) is 1.87. The molecule has 1 rings (SSSR count). The molecule has 0 aliphatic heterocycles. The van der Waals surface area contributed by atoms with Crippen LogP contribution in [0, 0.1) is 5.92 Å². The van der Waals surface area contributed by atoms with Crippen LogP contribution in [0.2, 0.25) is 0 Å². The van der Waals surface area contributed by atoms with E-state index in [-0.39, 0.29) is 0 Å². The maximum atomic E-state index is 8.81. The number of aliphatic hydroxyl groups excluding tert-OH is 1. The minimum absolute atomic E-state index is 0.571. The highest BCUT2D eigenvalue weighted by Crippen LogP contribution is 2.28. The van der Waals surface area contributed by atoms with E-state index in [2.05, 4.69) is 6.58 Å². The molecular weight excluding hydrogens is 152 g/mol. The zero-order valence-corrected chi connectivity index (χ0v) is 7.50. The van der Waals surface area contributed by atoms with Crippen LogP contribution in [0.5, 0.6) is 0 Å². The van der Waals surface area contributed by atoms with Gasteiger partial charge in [0, 0.05) is 0 Å². The fourth-order valence-corrected chi connectivity index (χ4v) is 1.87. The summed E-state index contributed by atoms with van der Waals surface area (Å²) in [6.07, 6.45) is 5.85. The van der Waals surface area contributed by atoms with Gasteiger partial charge in [0.25, 0.3) is 0 Å². The minimum Gasteiger partial charge on any atom is -0.365 e. The Labute approximate surface area is 73.9 Å². The van der Waals surface area contributed by atoms with Crippen LogP contribution in [0.1, 0.15) is 38.5 Å². The van der Waals surface area contributed by atoms with E-state index in [1.165, 1.54) is 32.1 Å². The quantitative estimate of drug-likeness (QED) is 0.501. The lowest BCUT2D eigenvalue weighted by atomic mass is 9.85. The molecule has 0 atom stereocenters. The van der Waals surface area contributed by atoms with Crippen LogP contribution in [-0.4, -0.2) is 16.5 Å². The number of rotatable bonds is 3. The maximum absolute atomic E-state index is 8.81. The van der Waals surface area contributed by atoms with Gasteiger partial charge < -0.3 is 10.2 Å². The average molecular weight is 170 g/mol. The molecule has 2 nitrogen and oxygen atoms in total. The Balaban J connectivity index is 2.24. The van der Waals surface area contributed by atoms with Gasteiger partial charge in [-0.2, -0.15) is 0 Å². The second-order valence-electron chi connectivity index (χ2n) is 3.74. The van der Waals surface area contributed by atoms with Crippen LogP contribution in [0.25, 0.3) is 0 Å². The molecule has 1 saturated carbocycles. The predicted molar refractivity (Wildman–Crippen MR) is 48.6 cm³/mol. The summed E-state index contributed by atoms with van der Waals surface area (Å²) in [6.45, 7) is 3.65. The molecule has 70 valence electrons. The number of hydrogen-bond donors (Lipinski definition) is 2. The highest BCUT2D eigenvalue weighted by Gasteiger charge is 2.16. The van der Waals surface area contributed by atoms with Crippen molar-refractivity contribution in [2.24, 2.45) is 5.92 Å². The monoisotopic (exact) mass is 170 g/mol. The predicted octanol–water partition coefficient (Wildman–Crippen LogP) is 1.82. The Morgan fingerprint density at radius 1 is 1.25 bits per heavy atom. The molecule has 0 amide bonds. The Bertz CT molecular complexity index is 146. The van der Waals surface area contributed by atoms with Crippen molar-refractivity contribution in [1.82, 2.24) is 0 Å². The summed E-state index contributed by atoms with van der Waals surface area (Å²) in [5.41, 5.74) is 0.571. The molecule has 0 radical (unpaired) electrons. The van der Waals surface area contributed by atoms with Crippen molar-refractivity contribution >= 4 is 0 Å². The van der Waals surface area contributed by atoms with E-state index in [1.807, 2.05) is 0 Å². The Hall–Kier alpha value is -0.340. The third-order valence-corrected chi connectivity index (χ3v) is 2.64. The zero-order valence-electron chi connectivity index (χ0n) is 7.50. The van der Waals surface area contributed by atoms with Gasteiger partial charge in [0.1, 0.15) is 0 Å². The third-order valence-electron chi connectivity index (χ3n) is 2.64. The molecule has 0 aromatic carbocycles. The summed E-state index contributed by atoms with van der Waals surface area (Å²) in [7, 11) is 0. The lowest BCUT2D eigenvalue weighted by Crippen LogP contribution is -2.14. The smallest absolute Gasteiger partial charge is 0.174 e. The maximum Gasteiger partial charge on any atom is 0.174 e. The second kappa shape index (κ2) is 4.63. The first-order chi connectivity index (χ1) is 5.70. The van der Waals surface area contributed by atoms with Crippen molar-refractivity contribution in [1.29, 1.82) is 0 Å². The Morgan fingerprint density at radius 3 is 2.33 bits per heavy atom. The van der Waals surface area contributed by atoms with Gasteiger partial charge in [-0.15, -0.1) is 0 Å². The van der Waals surface area contributed by atoms with Crippen LogP contribution >= 0.6 is 0 Å². The molecule has 1 fully saturated rings. The van der Waals surface area contributed by atoms with E-state index in [0.717, 1.165) is 6.42 Å². The molecule has 1 aliphatic rings. The summed E-state index contributed by atoms with van der Waals surface area (Å²) < 4.78 is 0. The van der Waals surface area contributed by atoms with E-state index < -0.39 is 6.29 Å². The van der Waals surface area contributed by atoms with E-state index >= 15 is 0 Å². The molecule has 0 heterocycles. The molecule has 0 unspecified atom stereocenters. The first kappa shape index (κ1) is 9.75. The first-order valence-corrected chi connectivity index (χ1v) is 4.74. The van der Waals surface area contributed by atoms with E-state index in [1.54, 1.807) is 0 Å². The molecule has 0 spiro atoms. The Morgan fingerprint density at radius 2 is 1.83 bits per heavy atom. The number of hydrogen-bond acceptors (Lipinski definition) is 2. The highest BCUT2D eigenvalue weighted by molar-refractivity contribution is 4.98. The summed E-state index contributed by atoms with van der Waals surface area (Å²) in [4.78, 5) is 0. The summed E-state index contributed by atoms with van der Waals surface area (Å²) in [5.74, 6) is 0.646. The topological polar surface area (TPSA) is 40.5 Å². The van der Waals surface area contributed by atoms with Crippen LogP contribution in [0.4, 0.5) is 0 Å². The van der Waals surface area contributed by atoms with Crippen molar-refractivity contribution in [2.75, 3.05) is 0 Å². The van der Waals surface area contributed by atoms with Crippen LogP contribution in [0.15, 0.2) is 12.2 Å². The standard InChI is InChI=1S/C10H18O2/c1-8(10(11)12)7-9-5-3-2-4-6-9/h9-12H,1-7H2. The zero-order chi connectivity index (χ0) is 8.97. The van der Waals surface area contributed by atoms with Gasteiger partial charge in [0.15, 0.2) is 6.29 Å². The average Bonchev–Trinajstić information content (AvgIpc) is 2.06. The van der Waals surface area contributed by atoms with Gasteiger partial charge in [0.2, 0.25) is 0 Å². The summed E-state index contributed by atoms with van der Waals surface area (Å²) in [6, 6.07) is 0. The Kier molecular flexibility index (Phi) is 3.76. The van der Waals surface area contributed by atoms with Crippen molar-refractivity contribution < 1.29 is 10.2 Å². The minimum atomic E-state index is -1.31. The van der Waals surface area contributed by atoms with Crippen molar-refractivity contribution in [3.05, 3.63) is 12.2 Å². The molecule has 0 aromatic rings. The van der Waals surface area contributed by atoms with Crippen LogP contribution < -0.4 is 0 Å². The van der Waals surface area contributed by atoms with Gasteiger partial charge in [-0.3, -0.25) is 0 Å². The molecule has 0 saturated heterocycles. The highest BCUT2D eigenvalue weighted by atomic mass is 16.5. The summed E-state index contributed by atoms with van der Waals surface area (Å²) in [5, 5.41) is 17.6. The van der Waals surface area contributed by atoms with Crippen molar-refractivity contribution in [3.8, 4) is 0 Å². The lowest BCUT2D eigenvalue weighted by molar-refractivity contribution is -0.0118. The largest absolute Gasteiger partial charge is 0.365 e. The van der Waals surface area contributed by atoms with Gasteiger partial charge in [0.05, 0.1) is 0 Å². The molecule has 0 aromatic heterocycles. The third kappa shape index (κ3) is 2.95. The SMILES string of the molecule is C=C(CC1CCCCC1)C(O)O. The fraction of sp³-hybridized carbons (Fsp3) is 0.800. The van der Waals surface area contributed by atoms with Crippen LogP contribution in [0.3, 0.4) is 0 Å². The van der Waals surface area contributed by atoms with Crippen molar-refractivity contribution in [3.63, 3.8) is 0 Å².